The molecule has 0 aliphatic heterocycles. The Balaban J connectivity index is 4.05. The Morgan fingerprint density at radius 3 is 0.810 bits per heavy atom. The lowest BCUT2D eigenvalue weighted by atomic mass is 10.0. The van der Waals surface area contributed by atoms with Gasteiger partial charge in [0.1, 0.15) is 19.8 Å². The fourth-order valence-corrected chi connectivity index (χ4v) is 11.6. The minimum atomic E-state index is -4.42. The molecular formula is C90H151NO8P+. The number of carbonyl (C=O) groups is 2. The number of phosphoric ester groups is 1. The zero-order valence-electron chi connectivity index (χ0n) is 64.9. The molecule has 0 aromatic heterocycles. The summed E-state index contributed by atoms with van der Waals surface area (Å²) in [4.78, 5) is 36.0. The fraction of sp³-hybridized carbons (Fsp3) is 0.644. The number of carbonyl (C=O) groups excluding carboxylic acids is 2. The number of rotatable bonds is 73. The van der Waals surface area contributed by atoms with Gasteiger partial charge in [-0.1, -0.05) is 357 Å². The molecule has 10 heteroatoms. The number of quaternary nitrogens is 1. The Hall–Kier alpha value is -4.89. The van der Waals surface area contributed by atoms with Crippen LogP contribution in [0.5, 0.6) is 0 Å². The maximum Gasteiger partial charge on any atom is 0.472 e. The Morgan fingerprint density at radius 1 is 0.310 bits per heavy atom. The average molecular weight is 1410 g/mol. The molecule has 2 atom stereocenters. The highest BCUT2D eigenvalue weighted by atomic mass is 31.2. The molecule has 0 spiro atoms. The molecule has 1 N–H and O–H groups in total. The Labute approximate surface area is 616 Å². The molecule has 0 radical (unpaired) electrons. The molecule has 0 heterocycles. The minimum Gasteiger partial charge on any atom is -0.462 e. The van der Waals surface area contributed by atoms with Crippen molar-refractivity contribution in [2.75, 3.05) is 47.5 Å². The van der Waals surface area contributed by atoms with Gasteiger partial charge in [-0.25, -0.2) is 4.57 Å². The van der Waals surface area contributed by atoms with Crippen molar-refractivity contribution in [3.8, 4) is 0 Å². The first-order chi connectivity index (χ1) is 49.0. The van der Waals surface area contributed by atoms with E-state index in [-0.39, 0.29) is 32.0 Å². The van der Waals surface area contributed by atoms with E-state index in [9.17, 15) is 19.0 Å². The van der Waals surface area contributed by atoms with Crippen LogP contribution < -0.4 is 0 Å². The highest BCUT2D eigenvalue weighted by molar-refractivity contribution is 7.47. The molecule has 568 valence electrons. The van der Waals surface area contributed by atoms with Crippen molar-refractivity contribution in [2.24, 2.45) is 0 Å². The van der Waals surface area contributed by atoms with E-state index in [4.69, 9.17) is 18.5 Å². The van der Waals surface area contributed by atoms with Gasteiger partial charge in [0.05, 0.1) is 27.7 Å². The van der Waals surface area contributed by atoms with E-state index >= 15 is 0 Å². The predicted molar refractivity (Wildman–Crippen MR) is 436 cm³/mol. The van der Waals surface area contributed by atoms with Crippen LogP contribution in [0.1, 0.15) is 322 Å². The van der Waals surface area contributed by atoms with Crippen molar-refractivity contribution in [1.29, 1.82) is 0 Å². The number of esters is 2. The number of nitrogens with zero attached hydrogens (tertiary/aromatic N) is 1. The summed E-state index contributed by atoms with van der Waals surface area (Å²) in [6.07, 6.45) is 120. The number of likely N-dealkylation sites (N-methyl/N-ethyl adjacent to an activating group) is 1. The fourth-order valence-electron chi connectivity index (χ4n) is 10.8. The number of hydrogen-bond acceptors (Lipinski definition) is 7. The average Bonchev–Trinajstić information content (AvgIpc) is 1.02. The van der Waals surface area contributed by atoms with E-state index in [1.165, 1.54) is 154 Å². The van der Waals surface area contributed by atoms with Gasteiger partial charge in [-0.3, -0.25) is 18.6 Å². The van der Waals surface area contributed by atoms with Crippen molar-refractivity contribution >= 4 is 19.8 Å². The lowest BCUT2D eigenvalue weighted by Gasteiger charge is -2.24. The van der Waals surface area contributed by atoms with Crippen LogP contribution in [0.2, 0.25) is 0 Å². The summed E-state index contributed by atoms with van der Waals surface area (Å²) in [5.74, 6) is -0.836. The molecule has 100 heavy (non-hydrogen) atoms. The predicted octanol–water partition coefficient (Wildman–Crippen LogP) is 27.4. The topological polar surface area (TPSA) is 108 Å². The monoisotopic (exact) mass is 1410 g/mol. The van der Waals surface area contributed by atoms with Gasteiger partial charge in [-0.05, 0) is 135 Å². The van der Waals surface area contributed by atoms with Crippen molar-refractivity contribution < 1.29 is 42.1 Å². The maximum absolute atomic E-state index is 12.9. The third-order valence-corrected chi connectivity index (χ3v) is 17.9. The molecule has 0 amide bonds. The molecule has 0 aliphatic carbocycles. The molecule has 0 fully saturated rings. The second-order valence-corrected chi connectivity index (χ2v) is 29.1. The molecule has 0 saturated carbocycles. The van der Waals surface area contributed by atoms with Crippen LogP contribution in [0.15, 0.2) is 182 Å². The van der Waals surface area contributed by atoms with Gasteiger partial charge in [0, 0.05) is 12.8 Å². The summed E-state index contributed by atoms with van der Waals surface area (Å²) in [5, 5.41) is 0. The van der Waals surface area contributed by atoms with Crippen LogP contribution >= 0.6 is 7.82 Å². The van der Waals surface area contributed by atoms with E-state index in [2.05, 4.69) is 196 Å². The van der Waals surface area contributed by atoms with Gasteiger partial charge in [-0.15, -0.1) is 0 Å². The Kier molecular flexibility index (Phi) is 74.4. The van der Waals surface area contributed by atoms with E-state index < -0.39 is 26.5 Å². The third-order valence-electron chi connectivity index (χ3n) is 16.9. The standard InChI is InChI=1S/C90H150NO8P/c1-6-8-10-12-14-16-18-20-22-24-26-28-30-32-34-36-38-40-42-44-45-47-48-50-52-54-56-58-60-62-64-66-68-70-72-74-76-78-80-82-89(92)96-86-88(87-98-100(94,95)97-85-84-91(3,4)5)99-90(93)83-81-79-77-75-73-71-69-67-65-63-61-59-57-55-53-51-49-46-43-41-39-37-35-33-31-29-27-25-23-21-19-17-15-13-11-9-7-2/h8-11,14-17,20-23,26-29,33,35,39,41,46,49,53,55,59,61,65,67,71,73,88H,6-7,12-13,18-19,24-25,30-32,34,36-38,40,42-45,47-48,50-52,54,56-58,60,62-64,66,68-70,72,74-87H2,1-5H3/p+1/b10-8-,11-9-,16-14-,17-15-,22-20-,23-21-,28-26-,29-27-,35-33-,41-39-,49-46-,55-53-,61-59-,67-65-,73-71-. The zero-order chi connectivity index (χ0) is 72.5. The Bertz CT molecular complexity index is 2350. The number of allylic oxidation sites excluding steroid dienone is 30. The number of ether oxygens (including phenoxy) is 2. The number of hydrogen-bond donors (Lipinski definition) is 1. The Morgan fingerprint density at radius 2 is 0.540 bits per heavy atom. The lowest BCUT2D eigenvalue weighted by Crippen LogP contribution is -2.37. The largest absolute Gasteiger partial charge is 0.472 e. The first-order valence-corrected chi connectivity index (χ1v) is 42.0. The van der Waals surface area contributed by atoms with Crippen molar-refractivity contribution in [2.45, 2.75) is 328 Å². The first kappa shape index (κ1) is 95.1. The first-order valence-electron chi connectivity index (χ1n) is 40.5. The van der Waals surface area contributed by atoms with Crippen LogP contribution in [0.25, 0.3) is 0 Å². The molecule has 2 unspecified atom stereocenters. The van der Waals surface area contributed by atoms with Crippen molar-refractivity contribution in [3.63, 3.8) is 0 Å². The normalized spacial score (nSPS) is 14.0. The molecule has 0 aromatic rings. The molecule has 0 aliphatic rings. The van der Waals surface area contributed by atoms with Gasteiger partial charge >= 0.3 is 19.8 Å². The van der Waals surface area contributed by atoms with Gasteiger partial charge in [0.2, 0.25) is 0 Å². The highest BCUT2D eigenvalue weighted by Crippen LogP contribution is 2.43. The number of unbranched alkanes of at least 4 members (excludes halogenated alkanes) is 29. The molecular weight excluding hydrogens is 1250 g/mol. The summed E-state index contributed by atoms with van der Waals surface area (Å²) >= 11 is 0. The summed E-state index contributed by atoms with van der Waals surface area (Å²) < 4.78 is 34.8. The van der Waals surface area contributed by atoms with E-state index in [1.54, 1.807) is 0 Å². The van der Waals surface area contributed by atoms with Gasteiger partial charge < -0.3 is 18.9 Å². The van der Waals surface area contributed by atoms with Crippen LogP contribution in [0.4, 0.5) is 0 Å². The molecule has 0 aromatic carbocycles. The SMILES string of the molecule is CC/C=C\C/C=C\C/C=C\C/C=C\C/C=C\C/C=C\C/C=C\C/C=C\C/C=C\C/C=C\C/C=C\CCCCCC(=O)OC(COC(=O)CCCCCCCCCCCCCCCCCCCCCCCCCCCC/C=C\C/C=C\C/C=C\C/C=C\CC)COP(=O)(O)OCC[N+](C)(C)C. The third kappa shape index (κ3) is 82.1. The second kappa shape index (κ2) is 78.3. The highest BCUT2D eigenvalue weighted by Gasteiger charge is 2.27. The molecule has 0 bridgehead atoms. The van der Waals surface area contributed by atoms with Crippen LogP contribution in [-0.4, -0.2) is 74.9 Å². The summed E-state index contributed by atoms with van der Waals surface area (Å²) in [7, 11) is 1.44. The van der Waals surface area contributed by atoms with Crippen molar-refractivity contribution in [3.05, 3.63) is 182 Å². The van der Waals surface area contributed by atoms with Gasteiger partial charge in [0.15, 0.2) is 6.10 Å². The van der Waals surface area contributed by atoms with Gasteiger partial charge in [-0.2, -0.15) is 0 Å². The summed E-state index contributed by atoms with van der Waals surface area (Å²) in [5.41, 5.74) is 0. The number of phosphoric acid groups is 1. The lowest BCUT2D eigenvalue weighted by molar-refractivity contribution is -0.870. The quantitative estimate of drug-likeness (QED) is 0.0211. The van der Waals surface area contributed by atoms with Crippen LogP contribution in [0.3, 0.4) is 0 Å². The second-order valence-electron chi connectivity index (χ2n) is 27.7. The van der Waals surface area contributed by atoms with Crippen molar-refractivity contribution in [1.82, 2.24) is 0 Å². The maximum atomic E-state index is 12.9. The zero-order valence-corrected chi connectivity index (χ0v) is 65.8. The van der Waals surface area contributed by atoms with Crippen LogP contribution in [0, 0.1) is 0 Å². The summed E-state index contributed by atoms with van der Waals surface area (Å²) in [6, 6.07) is 0. The van der Waals surface area contributed by atoms with E-state index in [1.807, 2.05) is 21.1 Å². The molecule has 0 rings (SSSR count). The smallest absolute Gasteiger partial charge is 0.462 e. The van der Waals surface area contributed by atoms with Crippen LogP contribution in [-0.2, 0) is 32.7 Å². The van der Waals surface area contributed by atoms with E-state index in [0.717, 1.165) is 135 Å². The molecule has 0 saturated heterocycles. The minimum absolute atomic E-state index is 0.0175. The van der Waals surface area contributed by atoms with E-state index in [0.29, 0.717) is 17.4 Å². The molecule has 9 nitrogen and oxygen atoms in total. The van der Waals surface area contributed by atoms with Gasteiger partial charge in [0.25, 0.3) is 0 Å². The summed E-state index contributed by atoms with van der Waals surface area (Å²) in [6.45, 7) is 4.18.